The quantitative estimate of drug-likeness (QED) is 0.470. The van der Waals surface area contributed by atoms with Crippen LogP contribution in [0.15, 0.2) is 11.5 Å². The first-order valence-corrected chi connectivity index (χ1v) is 1.41. The van der Waals surface area contributed by atoms with Crippen molar-refractivity contribution in [3.05, 3.63) is 11.5 Å². The van der Waals surface area contributed by atoms with E-state index in [2.05, 4.69) is 22.9 Å². The van der Waals surface area contributed by atoms with E-state index in [1.807, 2.05) is 0 Å². The van der Waals surface area contributed by atoms with Gasteiger partial charge in [-0.25, -0.2) is 0 Å². The van der Waals surface area contributed by atoms with E-state index in [9.17, 15) is 0 Å². The second-order valence-electron chi connectivity index (χ2n) is 0.236. The Balaban J connectivity index is -0.0000000200. The second-order valence-corrected chi connectivity index (χ2v) is 0.707. The first-order chi connectivity index (χ1) is 1.41. The van der Waals surface area contributed by atoms with Gasteiger partial charge in [0.25, 0.3) is 0 Å². The van der Waals surface area contributed by atoms with Crippen LogP contribution in [0.3, 0.4) is 0 Å². The third-order valence-electron chi connectivity index (χ3n) is 0. The van der Waals surface area contributed by atoms with Crippen LogP contribution >= 0.6 is 48.0 Å². The molecule has 0 unspecified atom stereocenters. The van der Waals surface area contributed by atoms with Crippen molar-refractivity contribution in [2.45, 2.75) is 0 Å². The highest BCUT2D eigenvalue weighted by molar-refractivity contribution is 14.0. The smallest absolute Gasteiger partial charge is 0.161 e. The van der Waals surface area contributed by atoms with Crippen LogP contribution in [0.4, 0.5) is 0 Å². The van der Waals surface area contributed by atoms with Crippen molar-refractivity contribution < 1.29 is 0 Å². The van der Waals surface area contributed by atoms with Crippen LogP contribution < -0.4 is 0 Å². The zero-order valence-corrected chi connectivity index (χ0v) is 8.49. The Morgan fingerprint density at radius 2 is 1.40 bits per heavy atom. The molecular weight excluding hydrogens is 305 g/mol. The van der Waals surface area contributed by atoms with Crippen LogP contribution in [0.25, 0.3) is 0 Å². The van der Waals surface area contributed by atoms with E-state index in [0.717, 1.165) is 0 Å². The molecule has 30 valence electrons. The monoisotopic (exact) mass is 310 g/mol. The molecule has 0 aliphatic rings. The Morgan fingerprint density at radius 3 is 1.40 bits per heavy atom. The number of rotatable bonds is 0. The van der Waals surface area contributed by atoms with E-state index in [1.54, 1.807) is 4.94 Å². The van der Waals surface area contributed by atoms with Crippen LogP contribution in [0.2, 0.25) is 0 Å². The van der Waals surface area contributed by atoms with Gasteiger partial charge in [0.1, 0.15) is 0 Å². The lowest BCUT2D eigenvalue weighted by atomic mass is 11.3. The van der Waals surface area contributed by atoms with E-state index in [4.69, 9.17) is 0 Å². The molecule has 5 heavy (non-hydrogen) atoms. The predicted molar refractivity (Wildman–Crippen MR) is 46.8 cm³/mol. The fraction of sp³-hybridized carbons (Fsp3) is 0. The Kier molecular flexibility index (Phi) is 54.6. The molecule has 3 heteroatoms. The standard InChI is InChI=1S/C2H3.Al.2HI/c1-2;;;/h1H,2H2;;2*1H. The summed E-state index contributed by atoms with van der Waals surface area (Å²) in [7, 11) is 0. The molecule has 0 fully saturated rings. The zero-order valence-electron chi connectivity index (χ0n) is 2.68. The lowest BCUT2D eigenvalue weighted by Gasteiger charge is -1.29. The van der Waals surface area contributed by atoms with Crippen molar-refractivity contribution in [2.24, 2.45) is 0 Å². The van der Waals surface area contributed by atoms with E-state index < -0.39 is 0 Å². The van der Waals surface area contributed by atoms with Crippen LogP contribution in [-0.4, -0.2) is 16.3 Å². The molecule has 2 radical (unpaired) electrons. The molecule has 0 aliphatic carbocycles. The molecule has 0 saturated carbocycles. The number of hydrogen-bond donors (Lipinski definition) is 0. The molecule has 0 nitrogen and oxygen atoms in total. The zero-order chi connectivity index (χ0) is 2.71. The van der Waals surface area contributed by atoms with Gasteiger partial charge in [0.2, 0.25) is 0 Å². The SMILES string of the molecule is C=[CH][Al].I.I. The van der Waals surface area contributed by atoms with Crippen molar-refractivity contribution in [1.29, 1.82) is 0 Å². The molecule has 0 N–H and O–H groups in total. The first-order valence-electron chi connectivity index (χ1n) is 0.742. The van der Waals surface area contributed by atoms with Crippen molar-refractivity contribution in [3.63, 3.8) is 0 Å². The van der Waals surface area contributed by atoms with Gasteiger partial charge in [-0.2, -0.15) is 4.94 Å². The minimum Gasteiger partial charge on any atom is -0.179 e. The van der Waals surface area contributed by atoms with Crippen LogP contribution in [0.1, 0.15) is 0 Å². The summed E-state index contributed by atoms with van der Waals surface area (Å²) in [5.41, 5.74) is 0. The van der Waals surface area contributed by atoms with Gasteiger partial charge in [-0.3, -0.25) is 0 Å². The van der Waals surface area contributed by atoms with Crippen molar-refractivity contribution >= 4 is 64.2 Å². The second kappa shape index (κ2) is 17.2. The van der Waals surface area contributed by atoms with Gasteiger partial charge >= 0.3 is 0 Å². The Hall–Kier alpha value is 1.73. The third-order valence-corrected chi connectivity index (χ3v) is 0. The maximum Gasteiger partial charge on any atom is 0.161 e. The van der Waals surface area contributed by atoms with E-state index in [-0.39, 0.29) is 48.0 Å². The van der Waals surface area contributed by atoms with Crippen LogP contribution in [0.5, 0.6) is 0 Å². The highest BCUT2D eigenvalue weighted by Crippen LogP contribution is 1.24. The molecule has 0 amide bonds. The Labute approximate surface area is 74.9 Å². The van der Waals surface area contributed by atoms with Gasteiger partial charge in [-0.05, 0) is 0 Å². The minimum atomic E-state index is 0. The molecule has 0 aromatic carbocycles. The summed E-state index contributed by atoms with van der Waals surface area (Å²) in [6.45, 7) is 3.32. The molecular formula is C2H5AlI2. The highest BCUT2D eigenvalue weighted by atomic mass is 127. The molecule has 0 atom stereocenters. The Bertz CT molecular complexity index is 15.1. The van der Waals surface area contributed by atoms with Gasteiger partial charge in [0, 0.05) is 0 Å². The Morgan fingerprint density at radius 1 is 1.40 bits per heavy atom. The normalized spacial score (nSPS) is 2.40. The maximum absolute atomic E-state index is 3.32. The summed E-state index contributed by atoms with van der Waals surface area (Å²) < 4.78 is 0. The predicted octanol–water partition coefficient (Wildman–Crippen LogP) is 1.53. The van der Waals surface area contributed by atoms with Crippen LogP contribution in [-0.2, 0) is 0 Å². The maximum atomic E-state index is 3.32. The lowest BCUT2D eigenvalue weighted by Crippen LogP contribution is -1.29. The number of hydrogen-bond acceptors (Lipinski definition) is 0. The molecule has 0 rings (SSSR count). The van der Waals surface area contributed by atoms with Gasteiger partial charge < -0.3 is 0 Å². The summed E-state index contributed by atoms with van der Waals surface area (Å²) in [6.07, 6.45) is 0. The fourth-order valence-corrected chi connectivity index (χ4v) is 0. The van der Waals surface area contributed by atoms with E-state index in [1.165, 1.54) is 0 Å². The van der Waals surface area contributed by atoms with E-state index in [0.29, 0.717) is 0 Å². The summed E-state index contributed by atoms with van der Waals surface area (Å²) >= 11 is 2.34. The minimum absolute atomic E-state index is 0. The summed E-state index contributed by atoms with van der Waals surface area (Å²) in [6, 6.07) is 0. The highest BCUT2D eigenvalue weighted by Gasteiger charge is 1.18. The first kappa shape index (κ1) is 15.9. The molecule has 0 saturated heterocycles. The largest absolute Gasteiger partial charge is 0.179 e. The average molecular weight is 310 g/mol. The summed E-state index contributed by atoms with van der Waals surface area (Å²) in [5, 5.41) is 0. The molecule has 0 aliphatic heterocycles. The van der Waals surface area contributed by atoms with Crippen LogP contribution in [0, 0.1) is 0 Å². The van der Waals surface area contributed by atoms with Gasteiger partial charge in [0.05, 0.1) is 0 Å². The van der Waals surface area contributed by atoms with Crippen molar-refractivity contribution in [1.82, 2.24) is 0 Å². The molecule has 0 heterocycles. The van der Waals surface area contributed by atoms with Gasteiger partial charge in [0.15, 0.2) is 16.3 Å². The van der Waals surface area contributed by atoms with Crippen molar-refractivity contribution in [2.75, 3.05) is 0 Å². The molecule has 0 bridgehead atoms. The van der Waals surface area contributed by atoms with Crippen molar-refractivity contribution in [3.8, 4) is 0 Å². The van der Waals surface area contributed by atoms with Gasteiger partial charge in [-0.1, -0.05) is 0 Å². The third kappa shape index (κ3) is 26.6. The molecule has 0 spiro atoms. The topological polar surface area (TPSA) is 0 Å². The summed E-state index contributed by atoms with van der Waals surface area (Å²) in [4.78, 5) is 1.67. The van der Waals surface area contributed by atoms with E-state index >= 15 is 0 Å². The fourth-order valence-electron chi connectivity index (χ4n) is 0. The van der Waals surface area contributed by atoms with Gasteiger partial charge in [-0.15, -0.1) is 54.5 Å². The number of halogens is 2. The molecule has 0 aromatic heterocycles. The lowest BCUT2D eigenvalue weighted by molar-refractivity contribution is 2.63. The summed E-state index contributed by atoms with van der Waals surface area (Å²) in [5.74, 6) is 0. The average Bonchev–Trinajstić information content (AvgIpc) is 0.918. The molecule has 0 aromatic rings.